The van der Waals surface area contributed by atoms with Crippen LogP contribution in [0.15, 0.2) is 23.3 Å². The largest absolute Gasteiger partial charge is 0.354 e. The van der Waals surface area contributed by atoms with Crippen molar-refractivity contribution in [3.05, 3.63) is 23.5 Å². The van der Waals surface area contributed by atoms with E-state index in [0.29, 0.717) is 5.15 Å². The van der Waals surface area contributed by atoms with E-state index in [1.807, 2.05) is 12.3 Å². The van der Waals surface area contributed by atoms with Crippen molar-refractivity contribution in [1.82, 2.24) is 9.88 Å². The predicted octanol–water partition coefficient (Wildman–Crippen LogP) is 3.82. The second kappa shape index (κ2) is 7.56. The molecule has 1 aromatic heterocycles. The third-order valence-electron chi connectivity index (χ3n) is 2.29. The monoisotopic (exact) mass is 271 g/mol. The highest BCUT2D eigenvalue weighted by Gasteiger charge is 2.04. The molecular formula is C12H18ClN3S. The summed E-state index contributed by atoms with van der Waals surface area (Å²) in [6.07, 6.45) is 6.08. The van der Waals surface area contributed by atoms with E-state index in [1.54, 1.807) is 24.0 Å². The maximum Gasteiger partial charge on any atom is 0.163 e. The van der Waals surface area contributed by atoms with Gasteiger partial charge < -0.3 is 4.90 Å². The molecule has 0 radical (unpaired) electrons. The molecule has 1 aromatic rings. The topological polar surface area (TPSA) is 28.5 Å². The van der Waals surface area contributed by atoms with E-state index in [0.717, 1.165) is 17.4 Å². The zero-order valence-corrected chi connectivity index (χ0v) is 12.1. The molecule has 0 unspecified atom stereocenters. The summed E-state index contributed by atoms with van der Waals surface area (Å²) in [4.78, 5) is 10.7. The molecule has 94 valence electrons. The lowest BCUT2D eigenvalue weighted by atomic mass is 10.3. The van der Waals surface area contributed by atoms with Gasteiger partial charge in [0.05, 0.1) is 11.9 Å². The van der Waals surface area contributed by atoms with Gasteiger partial charge in [0.1, 0.15) is 5.15 Å². The van der Waals surface area contributed by atoms with Crippen molar-refractivity contribution in [2.24, 2.45) is 4.99 Å². The van der Waals surface area contributed by atoms with Crippen LogP contribution in [0.4, 0.5) is 5.69 Å². The lowest BCUT2D eigenvalue weighted by molar-refractivity contribution is 0.493. The number of thioether (sulfide) groups is 1. The highest BCUT2D eigenvalue weighted by Crippen LogP contribution is 2.16. The molecular weight excluding hydrogens is 254 g/mol. The highest BCUT2D eigenvalue weighted by molar-refractivity contribution is 8.13. The first-order chi connectivity index (χ1) is 8.17. The van der Waals surface area contributed by atoms with Crippen molar-refractivity contribution in [1.29, 1.82) is 0 Å². The SMILES string of the molecule is CCCCN(C)C(=Nc1ccc(Cl)nc1)SC. The van der Waals surface area contributed by atoms with Gasteiger partial charge in [-0.3, -0.25) is 0 Å². The summed E-state index contributed by atoms with van der Waals surface area (Å²) >= 11 is 7.38. The van der Waals surface area contributed by atoms with E-state index in [2.05, 4.69) is 28.8 Å². The number of rotatable bonds is 4. The lowest BCUT2D eigenvalue weighted by Gasteiger charge is -2.19. The summed E-state index contributed by atoms with van der Waals surface area (Å²) in [5.74, 6) is 0. The van der Waals surface area contributed by atoms with Crippen LogP contribution < -0.4 is 0 Å². The van der Waals surface area contributed by atoms with Crippen LogP contribution in [0, 0.1) is 0 Å². The molecule has 0 aromatic carbocycles. The molecule has 3 nitrogen and oxygen atoms in total. The normalized spacial score (nSPS) is 11.6. The van der Waals surface area contributed by atoms with Crippen molar-refractivity contribution in [2.75, 3.05) is 19.8 Å². The summed E-state index contributed by atoms with van der Waals surface area (Å²) in [7, 11) is 2.06. The van der Waals surface area contributed by atoms with Crippen molar-refractivity contribution in [2.45, 2.75) is 19.8 Å². The number of unbranched alkanes of at least 4 members (excludes halogenated alkanes) is 1. The molecule has 0 aliphatic heterocycles. The maximum absolute atomic E-state index is 5.74. The first-order valence-corrected chi connectivity index (χ1v) is 7.23. The average Bonchev–Trinajstić information content (AvgIpc) is 2.35. The summed E-state index contributed by atoms with van der Waals surface area (Å²) in [5.41, 5.74) is 0.835. The van der Waals surface area contributed by atoms with Gasteiger partial charge in [0.25, 0.3) is 0 Å². The van der Waals surface area contributed by atoms with E-state index in [9.17, 15) is 0 Å². The Morgan fingerprint density at radius 2 is 2.29 bits per heavy atom. The highest BCUT2D eigenvalue weighted by atomic mass is 35.5. The van der Waals surface area contributed by atoms with Gasteiger partial charge in [-0.15, -0.1) is 0 Å². The van der Waals surface area contributed by atoms with E-state index in [4.69, 9.17) is 11.6 Å². The van der Waals surface area contributed by atoms with Crippen LogP contribution in [0.1, 0.15) is 19.8 Å². The lowest BCUT2D eigenvalue weighted by Crippen LogP contribution is -2.24. The van der Waals surface area contributed by atoms with Crippen molar-refractivity contribution >= 4 is 34.2 Å². The smallest absolute Gasteiger partial charge is 0.163 e. The van der Waals surface area contributed by atoms with Crippen LogP contribution in [-0.2, 0) is 0 Å². The molecule has 0 spiro atoms. The number of halogens is 1. The molecule has 0 atom stereocenters. The second-order valence-corrected chi connectivity index (χ2v) is 4.87. The molecule has 1 rings (SSSR count). The number of nitrogens with zero attached hydrogens (tertiary/aromatic N) is 3. The first-order valence-electron chi connectivity index (χ1n) is 5.62. The number of hydrogen-bond donors (Lipinski definition) is 0. The van der Waals surface area contributed by atoms with Crippen LogP contribution in [0.2, 0.25) is 5.15 Å². The fraction of sp³-hybridized carbons (Fsp3) is 0.500. The molecule has 0 fully saturated rings. The fourth-order valence-corrected chi connectivity index (χ4v) is 2.03. The van der Waals surface area contributed by atoms with E-state index >= 15 is 0 Å². The molecule has 0 saturated carbocycles. The molecule has 17 heavy (non-hydrogen) atoms. The number of amidine groups is 1. The summed E-state index contributed by atoms with van der Waals surface area (Å²) < 4.78 is 0. The Hall–Kier alpha value is -0.740. The zero-order valence-electron chi connectivity index (χ0n) is 10.5. The van der Waals surface area contributed by atoms with Gasteiger partial charge in [-0.25, -0.2) is 9.98 Å². The van der Waals surface area contributed by atoms with E-state index in [1.165, 1.54) is 12.8 Å². The molecule has 0 bridgehead atoms. The second-order valence-electron chi connectivity index (χ2n) is 3.71. The van der Waals surface area contributed by atoms with Crippen LogP contribution in [-0.4, -0.2) is 34.9 Å². The standard InChI is InChI=1S/C12H18ClN3S/c1-4-5-8-16(2)12(17-3)15-10-6-7-11(13)14-9-10/h6-7,9H,4-5,8H2,1-3H3. The minimum atomic E-state index is 0.494. The number of aliphatic imine (C=N–C) groups is 1. The summed E-state index contributed by atoms with van der Waals surface area (Å²) in [6, 6.07) is 3.63. The Kier molecular flexibility index (Phi) is 6.37. The molecule has 0 aliphatic rings. The van der Waals surface area contributed by atoms with Crippen LogP contribution in [0.3, 0.4) is 0 Å². The van der Waals surface area contributed by atoms with Crippen LogP contribution >= 0.6 is 23.4 Å². The third-order valence-corrected chi connectivity index (χ3v) is 3.28. The number of hydrogen-bond acceptors (Lipinski definition) is 3. The predicted molar refractivity (Wildman–Crippen MR) is 77.4 cm³/mol. The van der Waals surface area contributed by atoms with E-state index < -0.39 is 0 Å². The molecule has 0 saturated heterocycles. The Balaban J connectivity index is 2.74. The fourth-order valence-electron chi connectivity index (χ4n) is 1.32. The molecule has 0 amide bonds. The minimum absolute atomic E-state index is 0.494. The van der Waals surface area contributed by atoms with Crippen LogP contribution in [0.5, 0.6) is 0 Å². The third kappa shape index (κ3) is 4.96. The Labute approximate surface area is 112 Å². The molecule has 0 N–H and O–H groups in total. The quantitative estimate of drug-likeness (QED) is 0.474. The summed E-state index contributed by atoms with van der Waals surface area (Å²) in [5, 5.41) is 1.50. The van der Waals surface area contributed by atoms with Gasteiger partial charge in [0.15, 0.2) is 5.17 Å². The molecule has 5 heteroatoms. The van der Waals surface area contributed by atoms with E-state index in [-0.39, 0.29) is 0 Å². The summed E-state index contributed by atoms with van der Waals surface area (Å²) in [6.45, 7) is 3.21. The van der Waals surface area contributed by atoms with Gasteiger partial charge in [0, 0.05) is 13.6 Å². The number of pyridine rings is 1. The van der Waals surface area contributed by atoms with Crippen molar-refractivity contribution in [3.63, 3.8) is 0 Å². The molecule has 1 heterocycles. The van der Waals surface area contributed by atoms with Gasteiger partial charge in [0.2, 0.25) is 0 Å². The maximum atomic E-state index is 5.74. The van der Waals surface area contributed by atoms with Gasteiger partial charge in [-0.2, -0.15) is 0 Å². The Morgan fingerprint density at radius 3 is 2.82 bits per heavy atom. The van der Waals surface area contributed by atoms with Crippen LogP contribution in [0.25, 0.3) is 0 Å². The Bertz CT molecular complexity index is 365. The van der Waals surface area contributed by atoms with Crippen molar-refractivity contribution in [3.8, 4) is 0 Å². The first kappa shape index (κ1) is 14.3. The van der Waals surface area contributed by atoms with Gasteiger partial charge in [-0.05, 0) is 24.8 Å². The minimum Gasteiger partial charge on any atom is -0.354 e. The van der Waals surface area contributed by atoms with Gasteiger partial charge >= 0.3 is 0 Å². The van der Waals surface area contributed by atoms with Crippen molar-refractivity contribution < 1.29 is 0 Å². The molecule has 0 aliphatic carbocycles. The Morgan fingerprint density at radius 1 is 1.53 bits per heavy atom. The van der Waals surface area contributed by atoms with Gasteiger partial charge in [-0.1, -0.05) is 36.7 Å². The average molecular weight is 272 g/mol. The number of aromatic nitrogens is 1. The zero-order chi connectivity index (χ0) is 12.7.